The summed E-state index contributed by atoms with van der Waals surface area (Å²) in [4.78, 5) is 0. The van der Waals surface area contributed by atoms with Crippen LogP contribution in [0.2, 0.25) is 0 Å². The molecule has 0 spiro atoms. The zero-order valence-corrected chi connectivity index (χ0v) is 11.6. The second-order valence-electron chi connectivity index (χ2n) is 4.06. The molecule has 0 aliphatic heterocycles. The van der Waals surface area contributed by atoms with Gasteiger partial charge in [-0.2, -0.15) is 17.9 Å². The van der Waals surface area contributed by atoms with Gasteiger partial charge in [0.15, 0.2) is 0 Å². The molecule has 0 saturated heterocycles. The first-order valence-corrected chi connectivity index (χ1v) is 6.02. The molecule has 0 radical (unpaired) electrons. The largest absolute Gasteiger partial charge is 0.450 e. The Morgan fingerprint density at radius 1 is 1.11 bits per heavy atom. The van der Waals surface area contributed by atoms with Crippen molar-refractivity contribution in [1.82, 2.24) is 9.13 Å². The van der Waals surface area contributed by atoms with Crippen molar-refractivity contribution in [1.29, 1.82) is 0 Å². The van der Waals surface area contributed by atoms with Crippen molar-refractivity contribution in [2.24, 2.45) is 14.1 Å². The van der Waals surface area contributed by atoms with Crippen LogP contribution in [0.15, 0.2) is 18.7 Å². The molecule has 106 valence electrons. The van der Waals surface area contributed by atoms with Gasteiger partial charge in [-0.3, -0.25) is 0 Å². The van der Waals surface area contributed by atoms with Crippen LogP contribution in [0.25, 0.3) is 0 Å². The highest BCUT2D eigenvalue weighted by atomic mass is 19.2. The first kappa shape index (κ1) is 15.3. The van der Waals surface area contributed by atoms with E-state index in [9.17, 15) is 13.2 Å². The summed E-state index contributed by atoms with van der Waals surface area (Å²) >= 11 is 0. The number of nitrogens with zero attached hydrogens (tertiary/aromatic N) is 4. The molecule has 2 heterocycles. The molecule has 4 nitrogen and oxygen atoms in total. The predicted octanol–water partition coefficient (Wildman–Crippen LogP) is 1.08. The molecule has 0 atom stereocenters. The molecule has 0 N–H and O–H groups in total. The second kappa shape index (κ2) is 6.40. The Labute approximate surface area is 110 Å². The monoisotopic (exact) mass is 276 g/mol. The van der Waals surface area contributed by atoms with Crippen molar-refractivity contribution < 1.29 is 22.3 Å². The molecule has 2 aromatic heterocycles. The van der Waals surface area contributed by atoms with Crippen LogP contribution in [0.3, 0.4) is 0 Å². The highest BCUT2D eigenvalue weighted by molar-refractivity contribution is 4.76. The van der Waals surface area contributed by atoms with Gasteiger partial charge in [-0.05, 0) is 13.8 Å². The van der Waals surface area contributed by atoms with Crippen molar-refractivity contribution in [2.45, 2.75) is 26.9 Å². The number of hydrogen-bond donors (Lipinski definition) is 0. The highest BCUT2D eigenvalue weighted by Gasteiger charge is 2.28. The van der Waals surface area contributed by atoms with E-state index < -0.39 is 18.0 Å². The van der Waals surface area contributed by atoms with Gasteiger partial charge in [0.1, 0.15) is 12.4 Å². The van der Waals surface area contributed by atoms with Crippen LogP contribution in [-0.4, -0.2) is 9.13 Å². The van der Waals surface area contributed by atoms with Crippen molar-refractivity contribution in [3.63, 3.8) is 0 Å². The van der Waals surface area contributed by atoms with Crippen molar-refractivity contribution in [3.05, 3.63) is 36.7 Å². The van der Waals surface area contributed by atoms with Crippen molar-refractivity contribution >= 4 is 0 Å². The third kappa shape index (κ3) is 3.36. The second-order valence-corrected chi connectivity index (χ2v) is 4.06. The minimum absolute atomic E-state index is 0.0788. The smallest absolute Gasteiger partial charge is 0.240 e. The van der Waals surface area contributed by atoms with Crippen LogP contribution >= 0.6 is 0 Å². The molecule has 0 fully saturated rings. The highest BCUT2D eigenvalue weighted by Crippen LogP contribution is 2.04. The molecule has 19 heavy (non-hydrogen) atoms. The Bertz CT molecular complexity index is 520. The minimum atomic E-state index is -1.18. The summed E-state index contributed by atoms with van der Waals surface area (Å²) in [5.41, 5.74) is 0. The summed E-state index contributed by atoms with van der Waals surface area (Å²) in [6, 6.07) is 0. The van der Waals surface area contributed by atoms with Gasteiger partial charge in [0.2, 0.25) is 6.33 Å². The van der Waals surface area contributed by atoms with E-state index in [-0.39, 0.29) is 6.54 Å². The van der Waals surface area contributed by atoms with Gasteiger partial charge in [-0.25, -0.2) is 9.13 Å². The van der Waals surface area contributed by atoms with Gasteiger partial charge in [0, 0.05) is 0 Å². The molecular formula is C12H19F3N4+2. The number of halogens is 3. The van der Waals surface area contributed by atoms with Crippen LogP contribution in [0, 0.1) is 18.0 Å². The van der Waals surface area contributed by atoms with Crippen LogP contribution in [0.4, 0.5) is 13.2 Å². The number of aryl methyl sites for hydroxylation is 2. The Balaban J connectivity index is 0.000000200. The molecule has 2 aromatic rings. The standard InChI is InChI=1S/C6H8F3N2.C6H11N2/c1-3-11-5(8)4(7)10(2)6(11)9;1-3-8-5-4-7(2)6-8/h3H2,1-2H3;4-6H,3H2,1-2H3/q2*+1. The van der Waals surface area contributed by atoms with E-state index in [0.29, 0.717) is 9.13 Å². The fourth-order valence-corrected chi connectivity index (χ4v) is 1.55. The van der Waals surface area contributed by atoms with Gasteiger partial charge >= 0.3 is 18.0 Å². The van der Waals surface area contributed by atoms with E-state index in [1.807, 2.05) is 17.8 Å². The Hall–Kier alpha value is -1.79. The van der Waals surface area contributed by atoms with Gasteiger partial charge in [-0.1, -0.05) is 0 Å². The molecule has 0 amide bonds. The molecule has 7 heteroatoms. The van der Waals surface area contributed by atoms with Crippen LogP contribution in [-0.2, 0) is 27.2 Å². The first-order chi connectivity index (χ1) is 8.92. The number of hydrogen-bond acceptors (Lipinski definition) is 0. The quantitative estimate of drug-likeness (QED) is 0.731. The van der Waals surface area contributed by atoms with Gasteiger partial charge < -0.3 is 0 Å². The summed E-state index contributed by atoms with van der Waals surface area (Å²) in [5.74, 6) is -2.34. The third-order valence-corrected chi connectivity index (χ3v) is 2.71. The van der Waals surface area contributed by atoms with Crippen molar-refractivity contribution in [3.8, 4) is 0 Å². The molecule has 0 bridgehead atoms. The number of aromatic nitrogens is 4. The topological polar surface area (TPSA) is 17.6 Å². The lowest BCUT2D eigenvalue weighted by atomic mass is 10.7. The normalized spacial score (nSPS) is 10.3. The number of rotatable bonds is 2. The zero-order valence-electron chi connectivity index (χ0n) is 11.6. The van der Waals surface area contributed by atoms with Gasteiger partial charge in [0.25, 0.3) is 0 Å². The van der Waals surface area contributed by atoms with Crippen LogP contribution in [0.1, 0.15) is 13.8 Å². The lowest BCUT2D eigenvalue weighted by Crippen LogP contribution is -2.35. The maximum atomic E-state index is 12.7. The molecule has 0 aliphatic rings. The Morgan fingerprint density at radius 3 is 1.95 bits per heavy atom. The molecule has 0 unspecified atom stereocenters. The fourth-order valence-electron chi connectivity index (χ4n) is 1.55. The lowest BCUT2D eigenvalue weighted by Gasteiger charge is -1.86. The Kier molecular flexibility index (Phi) is 5.14. The van der Waals surface area contributed by atoms with Crippen molar-refractivity contribution in [2.75, 3.05) is 0 Å². The maximum Gasteiger partial charge on any atom is 0.450 e. The van der Waals surface area contributed by atoms with E-state index in [2.05, 4.69) is 24.0 Å². The molecule has 0 saturated carbocycles. The minimum Gasteiger partial charge on any atom is -0.240 e. The van der Waals surface area contributed by atoms with Gasteiger partial charge in [-0.15, -0.1) is 4.39 Å². The van der Waals surface area contributed by atoms with E-state index in [4.69, 9.17) is 0 Å². The Morgan fingerprint density at radius 2 is 1.74 bits per heavy atom. The van der Waals surface area contributed by atoms with Gasteiger partial charge in [0.05, 0.1) is 27.2 Å². The summed E-state index contributed by atoms with van der Waals surface area (Å²) < 4.78 is 43.2. The molecule has 0 aliphatic carbocycles. The SMILES string of the molecule is CCn1c(F)c(F)[n+](C)c1F.CCn1cc[n+](C)c1. The average molecular weight is 276 g/mol. The van der Waals surface area contributed by atoms with E-state index in [1.54, 1.807) is 0 Å². The third-order valence-electron chi connectivity index (χ3n) is 2.71. The summed E-state index contributed by atoms with van der Waals surface area (Å²) in [6.45, 7) is 4.79. The molecular weight excluding hydrogens is 257 g/mol. The zero-order chi connectivity index (χ0) is 14.6. The summed E-state index contributed by atoms with van der Waals surface area (Å²) in [6.07, 6.45) is 5.23. The van der Waals surface area contributed by atoms with Crippen LogP contribution < -0.4 is 9.13 Å². The van der Waals surface area contributed by atoms with E-state index in [1.165, 1.54) is 6.92 Å². The van der Waals surface area contributed by atoms with E-state index >= 15 is 0 Å². The molecule has 0 aromatic carbocycles. The molecule has 2 rings (SSSR count). The summed E-state index contributed by atoms with van der Waals surface area (Å²) in [7, 11) is 3.14. The summed E-state index contributed by atoms with van der Waals surface area (Å²) in [5, 5.41) is 0. The van der Waals surface area contributed by atoms with Crippen LogP contribution in [0.5, 0.6) is 0 Å². The lowest BCUT2D eigenvalue weighted by molar-refractivity contribution is -0.727. The number of imidazole rings is 2. The fraction of sp³-hybridized carbons (Fsp3) is 0.500. The van der Waals surface area contributed by atoms with E-state index in [0.717, 1.165) is 13.6 Å². The predicted molar refractivity (Wildman–Crippen MR) is 62.4 cm³/mol. The maximum absolute atomic E-state index is 12.7. The average Bonchev–Trinajstić information content (AvgIpc) is 2.90. The first-order valence-electron chi connectivity index (χ1n) is 6.02.